The smallest absolute Gasteiger partial charge is 0.319 e. The first kappa shape index (κ1) is 16.7. The van der Waals surface area contributed by atoms with E-state index in [0.29, 0.717) is 13.1 Å². The number of hydrogen-bond acceptors (Lipinski definition) is 3. The standard InChI is InChI=1S/C19H21N5O/c1-15-13-20-9-6-17(15)7-10-21-19(25)23-18-5-2-4-16(12-18)14-24-11-3-8-22-24/h2-6,8-9,11-13H,7,10,14H2,1H3,(H2,21,23,25). The Labute approximate surface area is 146 Å². The first-order chi connectivity index (χ1) is 12.2. The Balaban J connectivity index is 1.50. The molecule has 0 aliphatic heterocycles. The number of urea groups is 1. The highest BCUT2D eigenvalue weighted by Gasteiger charge is 2.04. The summed E-state index contributed by atoms with van der Waals surface area (Å²) in [5, 5.41) is 9.95. The van der Waals surface area contributed by atoms with Gasteiger partial charge in [0, 0.05) is 37.0 Å². The van der Waals surface area contributed by atoms with Crippen LogP contribution in [0.25, 0.3) is 0 Å². The summed E-state index contributed by atoms with van der Waals surface area (Å²) in [4.78, 5) is 16.1. The maximum absolute atomic E-state index is 12.1. The highest BCUT2D eigenvalue weighted by Crippen LogP contribution is 2.11. The molecule has 2 amide bonds. The molecule has 6 heteroatoms. The number of rotatable bonds is 6. The summed E-state index contributed by atoms with van der Waals surface area (Å²) in [6, 6.07) is 11.4. The Bertz CT molecular complexity index is 829. The molecule has 25 heavy (non-hydrogen) atoms. The van der Waals surface area contributed by atoms with Gasteiger partial charge in [0.2, 0.25) is 0 Å². The normalized spacial score (nSPS) is 10.4. The number of aryl methyl sites for hydroxylation is 1. The number of pyridine rings is 1. The van der Waals surface area contributed by atoms with Gasteiger partial charge in [0.1, 0.15) is 0 Å². The number of hydrogen-bond donors (Lipinski definition) is 2. The van der Waals surface area contributed by atoms with Gasteiger partial charge in [0.25, 0.3) is 0 Å². The second-order valence-electron chi connectivity index (χ2n) is 5.84. The van der Waals surface area contributed by atoms with Crippen LogP contribution in [0.5, 0.6) is 0 Å². The molecule has 0 fully saturated rings. The molecule has 0 radical (unpaired) electrons. The van der Waals surface area contributed by atoms with E-state index in [1.165, 1.54) is 5.56 Å². The van der Waals surface area contributed by atoms with Crippen LogP contribution in [-0.2, 0) is 13.0 Å². The summed E-state index contributed by atoms with van der Waals surface area (Å²) < 4.78 is 1.84. The molecule has 0 spiro atoms. The topological polar surface area (TPSA) is 71.8 Å². The predicted octanol–water partition coefficient (Wildman–Crippen LogP) is 3.00. The van der Waals surface area contributed by atoms with Crippen molar-refractivity contribution in [3.05, 3.63) is 77.9 Å². The van der Waals surface area contributed by atoms with Crippen LogP contribution in [-0.4, -0.2) is 27.3 Å². The third kappa shape index (κ3) is 4.91. The molecule has 0 saturated carbocycles. The molecule has 0 atom stereocenters. The van der Waals surface area contributed by atoms with Crippen molar-refractivity contribution in [3.63, 3.8) is 0 Å². The van der Waals surface area contributed by atoms with Crippen LogP contribution in [0, 0.1) is 6.92 Å². The largest absolute Gasteiger partial charge is 0.338 e. The van der Waals surface area contributed by atoms with Gasteiger partial charge in [0.15, 0.2) is 0 Å². The summed E-state index contributed by atoms with van der Waals surface area (Å²) in [6.45, 7) is 3.27. The minimum Gasteiger partial charge on any atom is -0.338 e. The van der Waals surface area contributed by atoms with E-state index in [-0.39, 0.29) is 6.03 Å². The highest BCUT2D eigenvalue weighted by molar-refractivity contribution is 5.89. The zero-order chi connectivity index (χ0) is 17.5. The number of aromatic nitrogens is 3. The Morgan fingerprint density at radius 2 is 2.12 bits per heavy atom. The van der Waals surface area contributed by atoms with Crippen LogP contribution < -0.4 is 10.6 Å². The summed E-state index contributed by atoms with van der Waals surface area (Å²) in [5.41, 5.74) is 4.17. The highest BCUT2D eigenvalue weighted by atomic mass is 16.2. The van der Waals surface area contributed by atoms with Crippen LogP contribution >= 0.6 is 0 Å². The van der Waals surface area contributed by atoms with Gasteiger partial charge >= 0.3 is 6.03 Å². The monoisotopic (exact) mass is 335 g/mol. The zero-order valence-corrected chi connectivity index (χ0v) is 14.1. The quantitative estimate of drug-likeness (QED) is 0.727. The molecular formula is C19H21N5O. The van der Waals surface area contributed by atoms with Crippen LogP contribution in [0.1, 0.15) is 16.7 Å². The van der Waals surface area contributed by atoms with Crippen molar-refractivity contribution in [2.45, 2.75) is 19.9 Å². The Kier molecular flexibility index (Phi) is 5.41. The number of nitrogens with zero attached hydrogens (tertiary/aromatic N) is 3. The Morgan fingerprint density at radius 3 is 2.92 bits per heavy atom. The van der Waals surface area contributed by atoms with Crippen LogP contribution in [0.2, 0.25) is 0 Å². The molecule has 2 aromatic heterocycles. The Morgan fingerprint density at radius 1 is 1.20 bits per heavy atom. The van der Waals surface area contributed by atoms with Crippen molar-refractivity contribution in [1.82, 2.24) is 20.1 Å². The fourth-order valence-corrected chi connectivity index (χ4v) is 2.60. The van der Waals surface area contributed by atoms with Gasteiger partial charge in [-0.1, -0.05) is 12.1 Å². The van der Waals surface area contributed by atoms with Crippen molar-refractivity contribution >= 4 is 11.7 Å². The molecule has 0 bridgehead atoms. The number of nitrogens with one attached hydrogen (secondary N) is 2. The first-order valence-electron chi connectivity index (χ1n) is 8.21. The lowest BCUT2D eigenvalue weighted by Crippen LogP contribution is -2.30. The zero-order valence-electron chi connectivity index (χ0n) is 14.1. The average molecular weight is 335 g/mol. The lowest BCUT2D eigenvalue weighted by atomic mass is 10.1. The number of carbonyl (C=O) groups excluding carboxylic acids is 1. The molecule has 3 aromatic rings. The van der Waals surface area contributed by atoms with Gasteiger partial charge in [-0.05, 0) is 54.3 Å². The Hall–Kier alpha value is -3.15. The predicted molar refractivity (Wildman–Crippen MR) is 97.5 cm³/mol. The van der Waals surface area contributed by atoms with Crippen LogP contribution in [0.15, 0.2) is 61.2 Å². The van der Waals surface area contributed by atoms with Gasteiger partial charge in [-0.15, -0.1) is 0 Å². The lowest BCUT2D eigenvalue weighted by molar-refractivity contribution is 0.252. The second kappa shape index (κ2) is 8.10. The van der Waals surface area contributed by atoms with Gasteiger partial charge in [-0.25, -0.2) is 4.79 Å². The van der Waals surface area contributed by atoms with Gasteiger partial charge < -0.3 is 10.6 Å². The van der Waals surface area contributed by atoms with Gasteiger partial charge in [0.05, 0.1) is 6.54 Å². The van der Waals surface area contributed by atoms with E-state index in [0.717, 1.165) is 23.2 Å². The van der Waals surface area contributed by atoms with E-state index in [1.54, 1.807) is 12.4 Å². The third-order valence-corrected chi connectivity index (χ3v) is 3.90. The van der Waals surface area contributed by atoms with Gasteiger partial charge in [-0.3, -0.25) is 9.67 Å². The summed E-state index contributed by atoms with van der Waals surface area (Å²) in [5.74, 6) is 0. The van der Waals surface area contributed by atoms with Crippen molar-refractivity contribution in [2.75, 3.05) is 11.9 Å². The summed E-state index contributed by atoms with van der Waals surface area (Å²) in [6.07, 6.45) is 8.04. The molecular weight excluding hydrogens is 314 g/mol. The summed E-state index contributed by atoms with van der Waals surface area (Å²) in [7, 11) is 0. The maximum atomic E-state index is 12.1. The molecule has 0 aliphatic carbocycles. The molecule has 1 aromatic carbocycles. The number of anilines is 1. The van der Waals surface area contributed by atoms with Crippen molar-refractivity contribution < 1.29 is 4.79 Å². The molecule has 128 valence electrons. The van der Waals surface area contributed by atoms with Gasteiger partial charge in [-0.2, -0.15) is 5.10 Å². The van der Waals surface area contributed by atoms with E-state index in [4.69, 9.17) is 0 Å². The molecule has 2 heterocycles. The number of amides is 2. The van der Waals surface area contributed by atoms with E-state index < -0.39 is 0 Å². The molecule has 0 aliphatic rings. The van der Waals surface area contributed by atoms with Crippen LogP contribution in [0.4, 0.5) is 10.5 Å². The SMILES string of the molecule is Cc1cnccc1CCNC(=O)Nc1cccc(Cn2cccn2)c1. The van der Waals surface area contributed by atoms with E-state index >= 15 is 0 Å². The second-order valence-corrected chi connectivity index (χ2v) is 5.84. The van der Waals surface area contributed by atoms with E-state index in [1.807, 2.05) is 60.4 Å². The molecule has 6 nitrogen and oxygen atoms in total. The molecule has 0 saturated heterocycles. The van der Waals surface area contributed by atoms with E-state index in [2.05, 4.69) is 20.7 Å². The van der Waals surface area contributed by atoms with E-state index in [9.17, 15) is 4.79 Å². The maximum Gasteiger partial charge on any atom is 0.319 e. The fourth-order valence-electron chi connectivity index (χ4n) is 2.60. The molecule has 0 unspecified atom stereocenters. The van der Waals surface area contributed by atoms with Crippen molar-refractivity contribution in [2.24, 2.45) is 0 Å². The third-order valence-electron chi connectivity index (χ3n) is 3.90. The minimum atomic E-state index is -0.206. The molecule has 2 N–H and O–H groups in total. The molecule has 3 rings (SSSR count). The van der Waals surface area contributed by atoms with Crippen LogP contribution in [0.3, 0.4) is 0 Å². The summed E-state index contributed by atoms with van der Waals surface area (Å²) >= 11 is 0. The van der Waals surface area contributed by atoms with Crippen molar-refractivity contribution in [3.8, 4) is 0 Å². The fraction of sp³-hybridized carbons (Fsp3) is 0.211. The van der Waals surface area contributed by atoms with Crippen molar-refractivity contribution in [1.29, 1.82) is 0 Å². The average Bonchev–Trinajstić information content (AvgIpc) is 3.10. The minimum absolute atomic E-state index is 0.206. The number of benzene rings is 1. The first-order valence-corrected chi connectivity index (χ1v) is 8.21. The number of carbonyl (C=O) groups is 1. The lowest BCUT2D eigenvalue weighted by Gasteiger charge is -2.10.